The fourth-order valence-electron chi connectivity index (χ4n) is 3.57. The molecule has 3 rings (SSSR count). The lowest BCUT2D eigenvalue weighted by Gasteiger charge is -2.31. The second-order valence-corrected chi connectivity index (χ2v) is 7.31. The van der Waals surface area contributed by atoms with E-state index in [0.29, 0.717) is 17.3 Å². The Balaban J connectivity index is 1.83. The Bertz CT molecular complexity index is 1050. The fraction of sp³-hybridized carbons (Fsp3) is 0.273. The number of benzene rings is 2. The average Bonchev–Trinajstić information content (AvgIpc) is 3.31. The Kier molecular flexibility index (Phi) is 7.38. The molecule has 1 unspecified atom stereocenters. The van der Waals surface area contributed by atoms with Crippen molar-refractivity contribution in [2.75, 3.05) is 19.6 Å². The Hall–Kier alpha value is -3.23. The molecule has 1 N–H and O–H groups in total. The molecule has 31 heavy (non-hydrogen) atoms. The highest BCUT2D eigenvalue weighted by atomic mass is 35.5. The number of hydrogen-bond donors (Lipinski definition) is 1. The Morgan fingerprint density at radius 1 is 1.26 bits per heavy atom. The molecule has 0 bridgehead atoms. The molecule has 162 valence electrons. The number of halogens is 1. The number of aromatic nitrogens is 2. The van der Waals surface area contributed by atoms with Crippen LogP contribution in [0.2, 0.25) is 5.02 Å². The van der Waals surface area contributed by atoms with E-state index in [1.165, 1.54) is 23.2 Å². The molecule has 1 amide bonds. The number of nitro groups is 1. The highest BCUT2D eigenvalue weighted by Crippen LogP contribution is 2.28. The van der Waals surface area contributed by atoms with Crippen LogP contribution in [0.3, 0.4) is 0 Å². The molecule has 0 aliphatic rings. The van der Waals surface area contributed by atoms with Gasteiger partial charge in [0.2, 0.25) is 0 Å². The molecule has 0 aliphatic carbocycles. The summed E-state index contributed by atoms with van der Waals surface area (Å²) in [7, 11) is 0. The van der Waals surface area contributed by atoms with Gasteiger partial charge in [0.05, 0.1) is 17.3 Å². The number of nitrogens with one attached hydrogen (secondary N) is 1. The first kappa shape index (κ1) is 22.5. The molecular formula is C22H24ClN5O3. The van der Waals surface area contributed by atoms with Gasteiger partial charge in [-0.3, -0.25) is 19.8 Å². The molecule has 0 spiro atoms. The number of rotatable bonds is 9. The number of amides is 1. The number of carbonyl (C=O) groups is 1. The van der Waals surface area contributed by atoms with Crippen LogP contribution in [0.5, 0.6) is 0 Å². The van der Waals surface area contributed by atoms with Gasteiger partial charge in [0, 0.05) is 35.6 Å². The van der Waals surface area contributed by atoms with Crippen molar-refractivity contribution in [3.63, 3.8) is 0 Å². The first-order chi connectivity index (χ1) is 15.0. The summed E-state index contributed by atoms with van der Waals surface area (Å²) < 4.78 is 1.54. The van der Waals surface area contributed by atoms with Gasteiger partial charge in [-0.1, -0.05) is 43.6 Å². The second kappa shape index (κ2) is 10.2. The van der Waals surface area contributed by atoms with E-state index in [1.807, 2.05) is 38.1 Å². The normalized spacial score (nSPS) is 12.0. The zero-order valence-electron chi connectivity index (χ0n) is 17.4. The maximum absolute atomic E-state index is 12.8. The van der Waals surface area contributed by atoms with E-state index in [1.54, 1.807) is 18.3 Å². The lowest BCUT2D eigenvalue weighted by Crippen LogP contribution is -2.38. The summed E-state index contributed by atoms with van der Waals surface area (Å²) in [6.45, 7) is 5.99. The van der Waals surface area contributed by atoms with Crippen LogP contribution in [0.1, 0.15) is 35.8 Å². The van der Waals surface area contributed by atoms with Gasteiger partial charge in [-0.2, -0.15) is 0 Å². The van der Waals surface area contributed by atoms with Crippen molar-refractivity contribution in [3.05, 3.63) is 87.4 Å². The summed E-state index contributed by atoms with van der Waals surface area (Å²) in [4.78, 5) is 30.0. The number of nitro benzene ring substituents is 1. The van der Waals surface area contributed by atoms with Crippen LogP contribution in [-0.2, 0) is 0 Å². The monoisotopic (exact) mass is 441 g/mol. The van der Waals surface area contributed by atoms with Gasteiger partial charge < -0.3 is 9.88 Å². The van der Waals surface area contributed by atoms with Crippen LogP contribution >= 0.6 is 11.6 Å². The van der Waals surface area contributed by atoms with Crippen LogP contribution in [0.25, 0.3) is 5.69 Å². The van der Waals surface area contributed by atoms with Gasteiger partial charge in [0.15, 0.2) is 0 Å². The highest BCUT2D eigenvalue weighted by molar-refractivity contribution is 6.31. The van der Waals surface area contributed by atoms with Crippen molar-refractivity contribution in [1.29, 1.82) is 0 Å². The smallest absolute Gasteiger partial charge is 0.294 e. The van der Waals surface area contributed by atoms with Crippen molar-refractivity contribution < 1.29 is 9.72 Å². The Morgan fingerprint density at radius 2 is 2.00 bits per heavy atom. The van der Waals surface area contributed by atoms with E-state index >= 15 is 0 Å². The number of hydrogen-bond acceptors (Lipinski definition) is 5. The molecule has 0 fully saturated rings. The van der Waals surface area contributed by atoms with Crippen LogP contribution in [0.4, 0.5) is 5.69 Å². The van der Waals surface area contributed by atoms with Crippen molar-refractivity contribution in [3.8, 4) is 5.69 Å². The van der Waals surface area contributed by atoms with Crippen LogP contribution in [0, 0.1) is 10.1 Å². The predicted molar refractivity (Wildman–Crippen MR) is 120 cm³/mol. The lowest BCUT2D eigenvalue weighted by molar-refractivity contribution is -0.384. The summed E-state index contributed by atoms with van der Waals surface area (Å²) in [6, 6.07) is 11.8. The van der Waals surface area contributed by atoms with E-state index in [2.05, 4.69) is 15.2 Å². The molecule has 2 aromatic carbocycles. The third-order valence-electron chi connectivity index (χ3n) is 5.19. The zero-order valence-corrected chi connectivity index (χ0v) is 18.1. The van der Waals surface area contributed by atoms with Crippen LogP contribution < -0.4 is 5.32 Å². The van der Waals surface area contributed by atoms with Crippen LogP contribution in [0.15, 0.2) is 61.2 Å². The van der Waals surface area contributed by atoms with Gasteiger partial charge in [-0.25, -0.2) is 4.98 Å². The molecule has 0 aliphatic heterocycles. The molecule has 0 radical (unpaired) electrons. The molecule has 1 heterocycles. The largest absolute Gasteiger partial charge is 0.350 e. The minimum atomic E-state index is -0.505. The van der Waals surface area contributed by atoms with Crippen molar-refractivity contribution in [1.82, 2.24) is 19.8 Å². The van der Waals surface area contributed by atoms with Gasteiger partial charge in [0.1, 0.15) is 5.69 Å². The third kappa shape index (κ3) is 5.10. The van der Waals surface area contributed by atoms with Gasteiger partial charge in [-0.05, 0) is 36.9 Å². The fourth-order valence-corrected chi connectivity index (χ4v) is 3.83. The summed E-state index contributed by atoms with van der Waals surface area (Å²) in [5, 5.41) is 15.1. The minimum absolute atomic E-state index is 0.118. The standard InChI is InChI=1S/C22H24ClN5O3/c1-3-26(4-2)21(17-7-5-6-8-18(17)23)14-25-22(29)16-9-10-19(20(13-16)28(30)31)27-12-11-24-15-27/h5-13,15,21H,3-4,14H2,1-2H3,(H,25,29). The van der Waals surface area contributed by atoms with E-state index in [9.17, 15) is 14.9 Å². The summed E-state index contributed by atoms with van der Waals surface area (Å²) >= 11 is 6.41. The predicted octanol–water partition coefficient (Wildman–Crippen LogP) is 4.25. The third-order valence-corrected chi connectivity index (χ3v) is 5.53. The number of carbonyl (C=O) groups excluding carboxylic acids is 1. The van der Waals surface area contributed by atoms with Crippen molar-refractivity contribution in [2.24, 2.45) is 0 Å². The molecule has 0 saturated carbocycles. The second-order valence-electron chi connectivity index (χ2n) is 6.90. The molecule has 1 aromatic heterocycles. The van der Waals surface area contributed by atoms with Crippen LogP contribution in [-0.4, -0.2) is 44.9 Å². The first-order valence-electron chi connectivity index (χ1n) is 9.99. The van der Waals surface area contributed by atoms with Gasteiger partial charge >= 0.3 is 0 Å². The zero-order chi connectivity index (χ0) is 22.4. The number of nitrogens with zero attached hydrogens (tertiary/aromatic N) is 4. The maximum Gasteiger partial charge on any atom is 0.294 e. The summed E-state index contributed by atoms with van der Waals surface area (Å²) in [5.74, 6) is -0.385. The van der Waals surface area contributed by atoms with Crippen molar-refractivity contribution >= 4 is 23.2 Å². The Morgan fingerprint density at radius 3 is 2.61 bits per heavy atom. The first-order valence-corrected chi connectivity index (χ1v) is 10.4. The van der Waals surface area contributed by atoms with E-state index < -0.39 is 4.92 Å². The highest BCUT2D eigenvalue weighted by Gasteiger charge is 2.23. The SMILES string of the molecule is CCN(CC)C(CNC(=O)c1ccc(-n2ccnc2)c([N+](=O)[O-])c1)c1ccccc1Cl. The van der Waals surface area contributed by atoms with Gasteiger partial charge in [0.25, 0.3) is 11.6 Å². The van der Waals surface area contributed by atoms with E-state index in [4.69, 9.17) is 11.6 Å². The summed E-state index contributed by atoms with van der Waals surface area (Å²) in [6.07, 6.45) is 4.62. The average molecular weight is 442 g/mol. The maximum atomic E-state index is 12.8. The molecule has 9 heteroatoms. The van der Waals surface area contributed by atoms with Gasteiger partial charge in [-0.15, -0.1) is 0 Å². The molecule has 1 atom stereocenters. The molecule has 0 saturated heterocycles. The molecule has 8 nitrogen and oxygen atoms in total. The topological polar surface area (TPSA) is 93.3 Å². The lowest BCUT2D eigenvalue weighted by atomic mass is 10.0. The number of likely N-dealkylation sites (N-methyl/N-ethyl adjacent to an activating group) is 1. The van der Waals surface area contributed by atoms with E-state index in [0.717, 1.165) is 18.7 Å². The minimum Gasteiger partial charge on any atom is -0.350 e. The number of imidazole rings is 1. The van der Waals surface area contributed by atoms with E-state index in [-0.39, 0.29) is 23.2 Å². The quantitative estimate of drug-likeness (QED) is 0.396. The Labute approximate surface area is 185 Å². The molecular weight excluding hydrogens is 418 g/mol. The van der Waals surface area contributed by atoms with Crippen molar-refractivity contribution in [2.45, 2.75) is 19.9 Å². The summed E-state index contributed by atoms with van der Waals surface area (Å²) in [5.41, 5.74) is 1.32. The molecule has 3 aromatic rings.